The van der Waals surface area contributed by atoms with Crippen molar-refractivity contribution >= 4 is 0 Å². The van der Waals surface area contributed by atoms with Gasteiger partial charge in [-0.05, 0) is 26.0 Å². The summed E-state index contributed by atoms with van der Waals surface area (Å²) in [6.07, 6.45) is 0.983. The maximum absolute atomic E-state index is 5.83. The van der Waals surface area contributed by atoms with E-state index in [4.69, 9.17) is 15.2 Å². The van der Waals surface area contributed by atoms with E-state index in [1.54, 1.807) is 14.2 Å². The van der Waals surface area contributed by atoms with Crippen LogP contribution in [0.5, 0.6) is 11.5 Å². The van der Waals surface area contributed by atoms with Crippen LogP contribution in [0.4, 0.5) is 0 Å². The Balaban J connectivity index is 2.56. The topological polar surface area (TPSA) is 47.7 Å². The van der Waals surface area contributed by atoms with Crippen molar-refractivity contribution in [2.45, 2.75) is 39.4 Å². The van der Waals surface area contributed by atoms with Gasteiger partial charge in [0.25, 0.3) is 0 Å². The monoisotopic (exact) mass is 264 g/mol. The Hall–Kier alpha value is -1.26. The number of fused-ring (bicyclic) bond motifs is 1. The Morgan fingerprint density at radius 3 is 2.58 bits per heavy atom. The highest BCUT2D eigenvalue weighted by atomic mass is 16.5. The van der Waals surface area contributed by atoms with Crippen LogP contribution in [0, 0.1) is 0 Å². The lowest BCUT2D eigenvalue weighted by molar-refractivity contribution is 0.189. The van der Waals surface area contributed by atoms with Gasteiger partial charge in [0.15, 0.2) is 0 Å². The fourth-order valence-electron chi connectivity index (χ4n) is 2.97. The van der Waals surface area contributed by atoms with Gasteiger partial charge in [-0.1, -0.05) is 6.92 Å². The van der Waals surface area contributed by atoms with Crippen LogP contribution in [0.25, 0.3) is 0 Å². The van der Waals surface area contributed by atoms with Crippen molar-refractivity contribution in [3.8, 4) is 11.5 Å². The Morgan fingerprint density at radius 2 is 2.05 bits per heavy atom. The first-order chi connectivity index (χ1) is 9.15. The van der Waals surface area contributed by atoms with Crippen molar-refractivity contribution in [1.82, 2.24) is 4.90 Å². The average molecular weight is 264 g/mol. The lowest BCUT2D eigenvalue weighted by atomic mass is 9.91. The van der Waals surface area contributed by atoms with Gasteiger partial charge in [-0.15, -0.1) is 0 Å². The third-order valence-electron chi connectivity index (χ3n) is 4.07. The number of methoxy groups -OCH3 is 2. The van der Waals surface area contributed by atoms with Gasteiger partial charge in [-0.2, -0.15) is 0 Å². The molecule has 4 nitrogen and oxygen atoms in total. The van der Waals surface area contributed by atoms with Gasteiger partial charge in [0.2, 0.25) is 0 Å². The number of hydrogen-bond donors (Lipinski definition) is 1. The number of ether oxygens (including phenoxy) is 2. The fourth-order valence-corrected chi connectivity index (χ4v) is 2.97. The summed E-state index contributed by atoms with van der Waals surface area (Å²) in [5.41, 5.74) is 9.36. The van der Waals surface area contributed by atoms with Gasteiger partial charge in [0, 0.05) is 35.8 Å². The van der Waals surface area contributed by atoms with Crippen LogP contribution in [-0.2, 0) is 19.5 Å². The molecular weight excluding hydrogens is 240 g/mol. The van der Waals surface area contributed by atoms with Gasteiger partial charge >= 0.3 is 0 Å². The second-order valence-corrected chi connectivity index (χ2v) is 5.05. The minimum absolute atomic E-state index is 0.471. The molecule has 1 aromatic rings. The van der Waals surface area contributed by atoms with Gasteiger partial charge in [0.05, 0.1) is 14.2 Å². The molecule has 1 unspecified atom stereocenters. The van der Waals surface area contributed by atoms with E-state index in [9.17, 15) is 0 Å². The number of hydrogen-bond acceptors (Lipinski definition) is 4. The van der Waals surface area contributed by atoms with Crippen molar-refractivity contribution in [3.05, 3.63) is 22.8 Å². The van der Waals surface area contributed by atoms with Gasteiger partial charge < -0.3 is 15.2 Å². The summed E-state index contributed by atoms with van der Waals surface area (Å²) in [5, 5.41) is 0. The second kappa shape index (κ2) is 5.80. The lowest BCUT2D eigenvalue weighted by Gasteiger charge is -2.36. The molecule has 1 heterocycles. The van der Waals surface area contributed by atoms with Crippen LogP contribution in [0.2, 0.25) is 0 Å². The first-order valence-corrected chi connectivity index (χ1v) is 6.85. The Morgan fingerprint density at radius 1 is 1.32 bits per heavy atom. The first-order valence-electron chi connectivity index (χ1n) is 6.85. The normalized spacial score (nSPS) is 19.1. The van der Waals surface area contributed by atoms with Crippen molar-refractivity contribution in [1.29, 1.82) is 0 Å². The number of likely N-dealkylation sites (N-methyl/N-ethyl adjacent to an activating group) is 1. The van der Waals surface area contributed by atoms with E-state index in [1.807, 2.05) is 6.07 Å². The highest BCUT2D eigenvalue weighted by Crippen LogP contribution is 2.39. The minimum Gasteiger partial charge on any atom is -0.496 e. The van der Waals surface area contributed by atoms with Crippen molar-refractivity contribution < 1.29 is 9.47 Å². The molecule has 0 saturated carbocycles. The van der Waals surface area contributed by atoms with E-state index in [0.29, 0.717) is 12.6 Å². The SMILES string of the molecule is CCN1Cc2c(OC)cc(CN)c(OC)c2CC1C. The smallest absolute Gasteiger partial charge is 0.127 e. The zero-order valence-electron chi connectivity index (χ0n) is 12.3. The summed E-state index contributed by atoms with van der Waals surface area (Å²) >= 11 is 0. The maximum Gasteiger partial charge on any atom is 0.127 e. The molecule has 2 N–H and O–H groups in total. The molecule has 106 valence electrons. The molecule has 1 atom stereocenters. The predicted octanol–water partition coefficient (Wildman–Crippen LogP) is 1.93. The van der Waals surface area contributed by atoms with Crippen LogP contribution >= 0.6 is 0 Å². The van der Waals surface area contributed by atoms with Gasteiger partial charge in [-0.25, -0.2) is 0 Å². The molecule has 0 spiro atoms. The predicted molar refractivity (Wildman–Crippen MR) is 76.7 cm³/mol. The number of nitrogens with zero attached hydrogens (tertiary/aromatic N) is 1. The molecule has 1 aromatic carbocycles. The summed E-state index contributed by atoms with van der Waals surface area (Å²) in [5.74, 6) is 1.88. The molecule has 1 aliphatic heterocycles. The highest BCUT2D eigenvalue weighted by Gasteiger charge is 2.28. The van der Waals surface area contributed by atoms with Crippen LogP contribution in [0.1, 0.15) is 30.5 Å². The van der Waals surface area contributed by atoms with E-state index in [0.717, 1.165) is 36.6 Å². The molecule has 2 rings (SSSR count). The molecule has 4 heteroatoms. The molecule has 0 aliphatic carbocycles. The molecule has 1 aliphatic rings. The Labute approximate surface area is 115 Å². The van der Waals surface area contributed by atoms with Crippen LogP contribution < -0.4 is 15.2 Å². The van der Waals surface area contributed by atoms with E-state index in [1.165, 1.54) is 11.1 Å². The fraction of sp³-hybridized carbons (Fsp3) is 0.600. The number of rotatable bonds is 4. The second-order valence-electron chi connectivity index (χ2n) is 5.05. The Kier molecular flexibility index (Phi) is 4.32. The molecular formula is C15H24N2O2. The molecule has 0 saturated heterocycles. The standard InChI is InChI=1S/C15H24N2O2/c1-5-17-9-13-12(6-10(17)2)15(19-4)11(8-16)7-14(13)18-3/h7,10H,5-6,8-9,16H2,1-4H3. The minimum atomic E-state index is 0.471. The zero-order chi connectivity index (χ0) is 14.0. The quantitative estimate of drug-likeness (QED) is 0.902. The molecule has 0 bridgehead atoms. The molecule has 0 amide bonds. The van der Waals surface area contributed by atoms with E-state index in [2.05, 4.69) is 18.7 Å². The van der Waals surface area contributed by atoms with Crippen LogP contribution in [0.3, 0.4) is 0 Å². The van der Waals surface area contributed by atoms with Gasteiger partial charge in [0.1, 0.15) is 11.5 Å². The number of benzene rings is 1. The zero-order valence-corrected chi connectivity index (χ0v) is 12.3. The van der Waals surface area contributed by atoms with E-state index in [-0.39, 0.29) is 0 Å². The summed E-state index contributed by atoms with van der Waals surface area (Å²) < 4.78 is 11.1. The highest BCUT2D eigenvalue weighted by molar-refractivity contribution is 5.55. The largest absolute Gasteiger partial charge is 0.496 e. The first kappa shape index (κ1) is 14.2. The molecule has 19 heavy (non-hydrogen) atoms. The van der Waals surface area contributed by atoms with Crippen LogP contribution in [0.15, 0.2) is 6.07 Å². The summed E-state index contributed by atoms with van der Waals surface area (Å²) in [6.45, 7) is 6.88. The molecule has 0 radical (unpaired) electrons. The maximum atomic E-state index is 5.83. The van der Waals surface area contributed by atoms with E-state index < -0.39 is 0 Å². The van der Waals surface area contributed by atoms with Crippen molar-refractivity contribution in [2.75, 3.05) is 20.8 Å². The van der Waals surface area contributed by atoms with Crippen molar-refractivity contribution in [3.63, 3.8) is 0 Å². The third kappa shape index (κ3) is 2.42. The number of nitrogens with two attached hydrogens (primary N) is 1. The van der Waals surface area contributed by atoms with Crippen LogP contribution in [-0.4, -0.2) is 31.7 Å². The molecule has 0 fully saturated rings. The molecule has 0 aromatic heterocycles. The summed E-state index contributed by atoms with van der Waals surface area (Å²) in [6, 6.07) is 2.53. The lowest BCUT2D eigenvalue weighted by Crippen LogP contribution is -2.38. The van der Waals surface area contributed by atoms with Gasteiger partial charge in [-0.3, -0.25) is 4.90 Å². The average Bonchev–Trinajstić information content (AvgIpc) is 2.44. The Bertz CT molecular complexity index is 460. The van der Waals surface area contributed by atoms with Crippen molar-refractivity contribution in [2.24, 2.45) is 5.73 Å². The summed E-state index contributed by atoms with van der Waals surface area (Å²) in [4.78, 5) is 2.45. The third-order valence-corrected chi connectivity index (χ3v) is 4.07. The van der Waals surface area contributed by atoms with E-state index >= 15 is 0 Å². The summed E-state index contributed by atoms with van der Waals surface area (Å²) in [7, 11) is 3.44.